The first-order valence-corrected chi connectivity index (χ1v) is 10.7. The monoisotopic (exact) mass is 481 g/mol. The Morgan fingerprint density at radius 3 is 2.18 bits per heavy atom. The number of esters is 1. The third-order valence-electron chi connectivity index (χ3n) is 3.70. The van der Waals surface area contributed by atoms with E-state index in [0.29, 0.717) is 11.3 Å². The lowest BCUT2D eigenvalue weighted by Crippen LogP contribution is -2.40. The van der Waals surface area contributed by atoms with Crippen LogP contribution in [0.15, 0.2) is 29.4 Å². The fourth-order valence-electron chi connectivity index (χ4n) is 2.25. The number of amides is 2. The molecule has 1 aromatic carbocycles. The van der Waals surface area contributed by atoms with Gasteiger partial charge in [0.2, 0.25) is 0 Å². The summed E-state index contributed by atoms with van der Waals surface area (Å²) in [7, 11) is 1.17. The van der Waals surface area contributed by atoms with Crippen LogP contribution in [0.25, 0.3) is 0 Å². The number of rotatable bonds is 9. The first-order chi connectivity index (χ1) is 15.7. The number of nitrogens with zero attached hydrogens (tertiary/aromatic N) is 2. The van der Waals surface area contributed by atoms with Crippen molar-refractivity contribution < 1.29 is 38.4 Å². The molecule has 0 heterocycles. The van der Waals surface area contributed by atoms with Crippen molar-refractivity contribution in [1.29, 1.82) is 0 Å². The number of hydrazone groups is 1. The van der Waals surface area contributed by atoms with E-state index in [4.69, 9.17) is 14.2 Å². The van der Waals surface area contributed by atoms with Crippen LogP contribution in [0.1, 0.15) is 47.1 Å². The molecule has 0 saturated heterocycles. The maximum absolute atomic E-state index is 12.5. The number of carbonyl (C=O) groups excluding carboxylic acids is 3. The lowest BCUT2D eigenvalue weighted by atomic mass is 10.2. The van der Waals surface area contributed by atoms with Gasteiger partial charge in [-0.25, -0.2) is 14.4 Å². The number of aliphatic hydroxyl groups excluding tert-OH is 1. The average Bonchev–Trinajstić information content (AvgIpc) is 2.71. The van der Waals surface area contributed by atoms with E-state index in [1.807, 2.05) is 0 Å². The van der Waals surface area contributed by atoms with Gasteiger partial charge in [-0.1, -0.05) is 0 Å². The topological polar surface area (TPSA) is 136 Å². The van der Waals surface area contributed by atoms with Crippen LogP contribution in [0.3, 0.4) is 0 Å². The molecule has 11 nitrogen and oxygen atoms in total. The van der Waals surface area contributed by atoms with Gasteiger partial charge < -0.3 is 29.4 Å². The molecule has 0 radical (unpaired) electrons. The molecule has 11 heteroatoms. The van der Waals surface area contributed by atoms with E-state index in [1.165, 1.54) is 13.3 Å². The van der Waals surface area contributed by atoms with Crippen LogP contribution in [-0.2, 0) is 19.0 Å². The lowest BCUT2D eigenvalue weighted by molar-refractivity contribution is -0.151. The highest BCUT2D eigenvalue weighted by Crippen LogP contribution is 2.13. The molecule has 190 valence electrons. The number of aliphatic hydroxyl groups is 1. The SMILES string of the molecule is COC(=O)C(O)COc1ccc(/C=N/N(CCNC(=O)OC(C)(C)C)C(=O)OC(C)(C)C)cc1. The van der Waals surface area contributed by atoms with Gasteiger partial charge in [-0.3, -0.25) is 0 Å². The minimum atomic E-state index is -1.39. The Hall–Kier alpha value is -3.34. The number of alkyl carbamates (subject to hydrolysis) is 1. The van der Waals surface area contributed by atoms with Gasteiger partial charge in [-0.2, -0.15) is 10.1 Å². The fraction of sp³-hybridized carbons (Fsp3) is 0.565. The average molecular weight is 482 g/mol. The molecule has 1 atom stereocenters. The predicted molar refractivity (Wildman–Crippen MR) is 125 cm³/mol. The first kappa shape index (κ1) is 28.7. The summed E-state index contributed by atoms with van der Waals surface area (Å²) in [6, 6.07) is 6.59. The molecule has 34 heavy (non-hydrogen) atoms. The van der Waals surface area contributed by atoms with Gasteiger partial charge in [0.05, 0.1) is 19.9 Å². The number of carbonyl (C=O) groups is 3. The number of ether oxygens (including phenoxy) is 4. The van der Waals surface area contributed by atoms with Gasteiger partial charge >= 0.3 is 18.2 Å². The van der Waals surface area contributed by atoms with Crippen LogP contribution in [0.2, 0.25) is 0 Å². The Labute approximate surface area is 200 Å². The summed E-state index contributed by atoms with van der Waals surface area (Å²) in [5.41, 5.74) is -0.716. The summed E-state index contributed by atoms with van der Waals surface area (Å²) in [4.78, 5) is 35.6. The van der Waals surface area contributed by atoms with Crippen LogP contribution in [0.4, 0.5) is 9.59 Å². The van der Waals surface area contributed by atoms with Crippen molar-refractivity contribution in [1.82, 2.24) is 10.3 Å². The second-order valence-corrected chi connectivity index (χ2v) is 9.20. The maximum atomic E-state index is 12.5. The molecule has 1 unspecified atom stereocenters. The minimum Gasteiger partial charge on any atom is -0.490 e. The zero-order chi connectivity index (χ0) is 25.9. The Kier molecular flexibility index (Phi) is 10.8. The van der Waals surface area contributed by atoms with E-state index in [0.717, 1.165) is 5.01 Å². The van der Waals surface area contributed by atoms with Crippen molar-refractivity contribution in [3.05, 3.63) is 29.8 Å². The van der Waals surface area contributed by atoms with Crippen molar-refractivity contribution in [2.75, 3.05) is 26.8 Å². The van der Waals surface area contributed by atoms with Crippen molar-refractivity contribution in [2.45, 2.75) is 58.8 Å². The zero-order valence-corrected chi connectivity index (χ0v) is 20.8. The summed E-state index contributed by atoms with van der Waals surface area (Å²) in [5, 5.41) is 17.4. The molecule has 0 spiro atoms. The highest BCUT2D eigenvalue weighted by atomic mass is 16.6. The van der Waals surface area contributed by atoms with E-state index in [1.54, 1.807) is 65.8 Å². The van der Waals surface area contributed by atoms with E-state index < -0.39 is 35.5 Å². The van der Waals surface area contributed by atoms with Crippen LogP contribution in [0, 0.1) is 0 Å². The summed E-state index contributed by atoms with van der Waals surface area (Å²) in [5.74, 6) is -0.363. The number of hydrogen-bond acceptors (Lipinski definition) is 9. The fourth-order valence-corrected chi connectivity index (χ4v) is 2.25. The molecule has 0 aliphatic carbocycles. The molecule has 0 aromatic heterocycles. The van der Waals surface area contributed by atoms with Gasteiger partial charge in [0, 0.05) is 6.54 Å². The second-order valence-electron chi connectivity index (χ2n) is 9.20. The molecule has 1 aromatic rings. The molecule has 0 bridgehead atoms. The van der Waals surface area contributed by atoms with Gasteiger partial charge in [0.15, 0.2) is 6.10 Å². The van der Waals surface area contributed by atoms with Crippen molar-refractivity contribution in [3.8, 4) is 5.75 Å². The molecular formula is C23H35N3O8. The molecule has 0 fully saturated rings. The summed E-state index contributed by atoms with van der Waals surface area (Å²) >= 11 is 0. The highest BCUT2D eigenvalue weighted by Gasteiger charge is 2.22. The number of benzene rings is 1. The largest absolute Gasteiger partial charge is 0.490 e. The molecular weight excluding hydrogens is 446 g/mol. The lowest BCUT2D eigenvalue weighted by Gasteiger charge is -2.24. The second kappa shape index (κ2) is 12.8. The molecule has 0 aliphatic rings. The maximum Gasteiger partial charge on any atom is 0.430 e. The molecule has 0 saturated carbocycles. The van der Waals surface area contributed by atoms with Crippen LogP contribution >= 0.6 is 0 Å². The van der Waals surface area contributed by atoms with E-state index in [2.05, 4.69) is 15.2 Å². The summed E-state index contributed by atoms with van der Waals surface area (Å²) < 4.78 is 20.3. The van der Waals surface area contributed by atoms with Gasteiger partial charge in [-0.05, 0) is 71.4 Å². The smallest absolute Gasteiger partial charge is 0.430 e. The molecule has 0 aliphatic heterocycles. The zero-order valence-electron chi connectivity index (χ0n) is 20.8. The van der Waals surface area contributed by atoms with Crippen LogP contribution in [-0.4, -0.2) is 78.6 Å². The quantitative estimate of drug-likeness (QED) is 0.238. The van der Waals surface area contributed by atoms with Gasteiger partial charge in [0.1, 0.15) is 23.6 Å². The van der Waals surface area contributed by atoms with Crippen LogP contribution < -0.4 is 10.1 Å². The number of methoxy groups -OCH3 is 1. The molecule has 2 amide bonds. The first-order valence-electron chi connectivity index (χ1n) is 10.7. The predicted octanol–water partition coefficient (Wildman–Crippen LogP) is 2.69. The van der Waals surface area contributed by atoms with E-state index >= 15 is 0 Å². The van der Waals surface area contributed by atoms with Crippen molar-refractivity contribution in [2.24, 2.45) is 5.10 Å². The third-order valence-corrected chi connectivity index (χ3v) is 3.70. The standard InChI is InChI=1S/C23H35N3O8/c1-22(2,3)33-20(29)24-12-13-26(21(30)34-23(4,5)6)25-14-16-8-10-17(11-9-16)32-15-18(27)19(28)31-7/h8-11,14,18,27H,12-13,15H2,1-7H3,(H,24,29)/b25-14+. The van der Waals surface area contributed by atoms with Gasteiger partial charge in [-0.15, -0.1) is 0 Å². The Morgan fingerprint density at radius 2 is 1.65 bits per heavy atom. The molecule has 1 rings (SSSR count). The minimum absolute atomic E-state index is 0.0528. The normalized spacial score (nSPS) is 12.6. The van der Waals surface area contributed by atoms with Crippen molar-refractivity contribution in [3.63, 3.8) is 0 Å². The Morgan fingerprint density at radius 1 is 1.06 bits per heavy atom. The summed E-state index contributed by atoms with van der Waals surface area (Å²) in [6.07, 6.45) is -1.22. The Balaban J connectivity index is 2.77. The number of nitrogens with one attached hydrogen (secondary N) is 1. The van der Waals surface area contributed by atoms with Gasteiger partial charge in [0.25, 0.3) is 0 Å². The third kappa shape index (κ3) is 12.0. The van der Waals surface area contributed by atoms with E-state index in [-0.39, 0.29) is 19.7 Å². The summed E-state index contributed by atoms with van der Waals surface area (Å²) in [6.45, 7) is 10.4. The Bertz CT molecular complexity index is 841. The number of hydrogen-bond donors (Lipinski definition) is 2. The highest BCUT2D eigenvalue weighted by molar-refractivity contribution is 5.81. The van der Waals surface area contributed by atoms with Crippen LogP contribution in [0.5, 0.6) is 5.75 Å². The van der Waals surface area contributed by atoms with Crippen molar-refractivity contribution >= 4 is 24.4 Å². The molecule has 2 N–H and O–H groups in total. The van der Waals surface area contributed by atoms with E-state index in [9.17, 15) is 19.5 Å².